The second-order valence-corrected chi connectivity index (χ2v) is 1.00. The Balaban J connectivity index is -0.00000000705. The van der Waals surface area contributed by atoms with Crippen LogP contribution in [-0.4, -0.2) is 31.5 Å². The molecule has 0 radical (unpaired) electrons. The van der Waals surface area contributed by atoms with Crippen LogP contribution in [0.15, 0.2) is 18.2 Å². The third kappa shape index (κ3) is 120. The maximum atomic E-state index is 8.25. The Morgan fingerprint density at radius 1 is 0.882 bits per heavy atom. The Morgan fingerprint density at radius 2 is 1.18 bits per heavy atom. The van der Waals surface area contributed by atoms with E-state index in [-0.39, 0.29) is 63.0 Å². The topological polar surface area (TPSA) is 63.5 Å². The molecular formula is C13H31HfO3-7. The minimum atomic E-state index is 0. The van der Waals surface area contributed by atoms with Crippen molar-refractivity contribution in [2.45, 2.75) is 6.42 Å². The van der Waals surface area contributed by atoms with E-state index < -0.39 is 0 Å². The number of hydrogen-bond donors (Lipinski definition) is 2. The Kier molecular flexibility index (Phi) is 542. The third-order valence-corrected chi connectivity index (χ3v) is 0.586. The molecule has 0 atom stereocenters. The van der Waals surface area contributed by atoms with E-state index in [1.54, 1.807) is 0 Å². The molecule has 0 aromatic heterocycles. The fourth-order valence-corrected chi connectivity index (χ4v) is 0.340. The van der Waals surface area contributed by atoms with Gasteiger partial charge >= 0.3 is 0 Å². The molecular weight excluding hydrogens is 383 g/mol. The number of rotatable bonds is 0. The molecule has 1 rings (SSSR count). The molecule has 0 unspecified atom stereocenters. The summed E-state index contributed by atoms with van der Waals surface area (Å²) in [7, 11) is 2.75. The summed E-state index contributed by atoms with van der Waals surface area (Å²) in [5, 5.41) is 22.2. The summed E-state index contributed by atoms with van der Waals surface area (Å²) < 4.78 is 0. The molecule has 0 amide bonds. The summed E-state index contributed by atoms with van der Waals surface area (Å²) in [6, 6.07) is 0. The summed E-state index contributed by atoms with van der Waals surface area (Å²) in [6.07, 6.45) is 10.0. The largest absolute Gasteiger partial charge is 0.857 e. The van der Waals surface area contributed by atoms with E-state index in [9.17, 15) is 0 Å². The first-order chi connectivity index (χ1) is 5.50. The van der Waals surface area contributed by atoms with E-state index in [0.717, 1.165) is 27.8 Å². The van der Waals surface area contributed by atoms with Crippen molar-refractivity contribution in [3.05, 3.63) is 61.4 Å². The van der Waals surface area contributed by atoms with E-state index in [0.29, 0.717) is 0 Å². The zero-order chi connectivity index (χ0) is 9.54. The van der Waals surface area contributed by atoms with Crippen LogP contribution in [0.25, 0.3) is 0 Å². The average molecular weight is 414 g/mol. The van der Waals surface area contributed by atoms with Crippen molar-refractivity contribution in [2.75, 3.05) is 21.3 Å². The van der Waals surface area contributed by atoms with Gasteiger partial charge in [0.2, 0.25) is 0 Å². The van der Waals surface area contributed by atoms with E-state index in [4.69, 9.17) is 15.3 Å². The number of allylic oxidation sites excluding steroid dienone is 4. The Morgan fingerprint density at radius 3 is 1.24 bits per heavy atom. The molecule has 0 bridgehead atoms. The van der Waals surface area contributed by atoms with Crippen molar-refractivity contribution >= 4 is 0 Å². The standard InChI is InChI=1S/C5H5.2CH4O.CH3O.5CH3.Hf/c1-2-4-5-3-1;3*1-2;;;;;;/h1-3H,4H2;2*2H,1H3;1H3;5*1H3;/q-1;;;6*-1;. The monoisotopic (exact) mass is 415 g/mol. The van der Waals surface area contributed by atoms with Crippen LogP contribution < -0.4 is 5.11 Å². The molecule has 1 aliphatic carbocycles. The van der Waals surface area contributed by atoms with Crippen LogP contribution in [0.4, 0.5) is 0 Å². The minimum absolute atomic E-state index is 0. The van der Waals surface area contributed by atoms with Crippen LogP contribution in [-0.2, 0) is 25.8 Å². The quantitative estimate of drug-likeness (QED) is 0.470. The van der Waals surface area contributed by atoms with Crippen molar-refractivity contribution in [3.63, 3.8) is 0 Å². The predicted molar refractivity (Wildman–Crippen MR) is 75.8 cm³/mol. The molecule has 17 heavy (non-hydrogen) atoms. The van der Waals surface area contributed by atoms with Gasteiger partial charge in [-0.3, -0.25) is 6.08 Å². The van der Waals surface area contributed by atoms with Crippen LogP contribution >= 0.6 is 0 Å². The zero-order valence-corrected chi connectivity index (χ0v) is 16.3. The second-order valence-electron chi connectivity index (χ2n) is 1.00. The maximum Gasteiger partial charge on any atom is 0.0319 e. The van der Waals surface area contributed by atoms with Crippen molar-refractivity contribution in [2.24, 2.45) is 0 Å². The zero-order valence-electron chi connectivity index (χ0n) is 12.7. The average Bonchev–Trinajstić information content (AvgIpc) is 2.71. The van der Waals surface area contributed by atoms with E-state index >= 15 is 0 Å². The van der Waals surface area contributed by atoms with Crippen LogP contribution in [0.5, 0.6) is 0 Å². The fourth-order valence-electron chi connectivity index (χ4n) is 0.340. The van der Waals surface area contributed by atoms with Gasteiger partial charge in [-0.25, -0.2) is 12.2 Å². The fraction of sp³-hybridized carbons (Fsp3) is 0.308. The Bertz CT molecular complexity index is 74.7. The van der Waals surface area contributed by atoms with Gasteiger partial charge in [-0.1, -0.05) is 0 Å². The first-order valence-corrected chi connectivity index (χ1v) is 3.02. The molecule has 0 spiro atoms. The van der Waals surface area contributed by atoms with Crippen LogP contribution in [0, 0.1) is 43.2 Å². The number of aliphatic hydroxyl groups is 2. The number of hydrogen-bond acceptors (Lipinski definition) is 3. The molecule has 4 heteroatoms. The van der Waals surface area contributed by atoms with Crippen molar-refractivity contribution in [1.82, 2.24) is 0 Å². The maximum absolute atomic E-state index is 8.25. The van der Waals surface area contributed by atoms with Crippen molar-refractivity contribution < 1.29 is 41.2 Å². The van der Waals surface area contributed by atoms with E-state index in [1.807, 2.05) is 12.2 Å². The molecule has 0 fully saturated rings. The summed E-state index contributed by atoms with van der Waals surface area (Å²) in [4.78, 5) is 0. The molecule has 0 aromatic rings. The van der Waals surface area contributed by atoms with Gasteiger partial charge < -0.3 is 52.5 Å². The molecule has 0 saturated heterocycles. The molecule has 3 nitrogen and oxygen atoms in total. The molecule has 0 aromatic carbocycles. The molecule has 112 valence electrons. The van der Waals surface area contributed by atoms with Gasteiger partial charge in [-0.2, -0.15) is 13.2 Å². The third-order valence-electron chi connectivity index (χ3n) is 0.586. The summed E-state index contributed by atoms with van der Waals surface area (Å²) in [5.74, 6) is 0. The first kappa shape index (κ1) is 67.0. The predicted octanol–water partition coefficient (Wildman–Crippen LogP) is 1.75. The van der Waals surface area contributed by atoms with Crippen LogP contribution in [0.1, 0.15) is 6.42 Å². The Hall–Kier alpha value is 0.230. The molecule has 0 saturated carbocycles. The van der Waals surface area contributed by atoms with Crippen molar-refractivity contribution in [3.8, 4) is 0 Å². The van der Waals surface area contributed by atoms with E-state index in [1.165, 1.54) is 0 Å². The van der Waals surface area contributed by atoms with Gasteiger partial charge in [0, 0.05) is 40.1 Å². The SMILES string of the molecule is CO.CO.C[O-].[C-]1=CC=CC1.[CH3-].[CH3-].[CH3-].[CH3-].[CH3-].[Hf]. The van der Waals surface area contributed by atoms with Crippen molar-refractivity contribution in [1.29, 1.82) is 0 Å². The van der Waals surface area contributed by atoms with Gasteiger partial charge in [0.1, 0.15) is 0 Å². The summed E-state index contributed by atoms with van der Waals surface area (Å²) >= 11 is 0. The summed E-state index contributed by atoms with van der Waals surface area (Å²) in [6.45, 7) is 0. The normalized spacial score (nSPS) is 6.24. The van der Waals surface area contributed by atoms with Gasteiger partial charge in [0.05, 0.1) is 0 Å². The molecule has 1 aliphatic rings. The van der Waals surface area contributed by atoms with E-state index in [2.05, 4.69) is 12.2 Å². The van der Waals surface area contributed by atoms with Crippen LogP contribution in [0.3, 0.4) is 0 Å². The smallest absolute Gasteiger partial charge is 0.0319 e. The molecule has 2 N–H and O–H groups in total. The second kappa shape index (κ2) is 138. The Labute approximate surface area is 130 Å². The van der Waals surface area contributed by atoms with Crippen LogP contribution in [0.2, 0.25) is 0 Å². The van der Waals surface area contributed by atoms with Gasteiger partial charge in [-0.15, -0.1) is 6.42 Å². The first-order valence-electron chi connectivity index (χ1n) is 3.02. The molecule has 0 heterocycles. The van der Waals surface area contributed by atoms with Gasteiger partial charge in [-0.05, 0) is 0 Å². The molecule has 0 aliphatic heterocycles. The van der Waals surface area contributed by atoms with Gasteiger partial charge in [0.15, 0.2) is 0 Å². The summed E-state index contributed by atoms with van der Waals surface area (Å²) in [5.41, 5.74) is 0. The number of aliphatic hydroxyl groups excluding tert-OH is 2. The minimum Gasteiger partial charge on any atom is -0.857 e. The van der Waals surface area contributed by atoms with Gasteiger partial charge in [0.25, 0.3) is 0 Å².